The van der Waals surface area contributed by atoms with Crippen LogP contribution in [0.25, 0.3) is 0 Å². The Bertz CT molecular complexity index is 423. The van der Waals surface area contributed by atoms with Crippen LogP contribution in [0.15, 0.2) is 24.3 Å². The van der Waals surface area contributed by atoms with Crippen LogP contribution in [-0.2, 0) is 11.2 Å². The Labute approximate surface area is 116 Å². The molecule has 19 heavy (non-hydrogen) atoms. The molecule has 104 valence electrons. The van der Waals surface area contributed by atoms with Gasteiger partial charge in [0.2, 0.25) is 5.91 Å². The van der Waals surface area contributed by atoms with Crippen molar-refractivity contribution in [2.24, 2.45) is 0 Å². The molecular formula is C16H24N2O. The molecule has 1 aliphatic rings. The van der Waals surface area contributed by atoms with Crippen LogP contribution in [0.3, 0.4) is 0 Å². The van der Waals surface area contributed by atoms with Crippen molar-refractivity contribution in [3.63, 3.8) is 0 Å². The van der Waals surface area contributed by atoms with Crippen LogP contribution in [0, 0.1) is 6.92 Å². The van der Waals surface area contributed by atoms with E-state index in [2.05, 4.69) is 43.0 Å². The highest BCUT2D eigenvalue weighted by Gasteiger charge is 2.19. The zero-order chi connectivity index (χ0) is 13.7. The molecule has 3 nitrogen and oxygen atoms in total. The fourth-order valence-corrected chi connectivity index (χ4v) is 2.59. The van der Waals surface area contributed by atoms with E-state index in [4.69, 9.17) is 0 Å². The molecule has 1 aromatic rings. The first kappa shape index (κ1) is 14.1. The summed E-state index contributed by atoms with van der Waals surface area (Å²) in [7, 11) is 0. The Kier molecular flexibility index (Phi) is 4.97. The number of hydrogen-bond acceptors (Lipinski definition) is 2. The fourth-order valence-electron chi connectivity index (χ4n) is 2.59. The molecule has 0 saturated carbocycles. The third-order valence-electron chi connectivity index (χ3n) is 3.88. The SMILES string of the molecule is CCN1CCN(C(=O)CCc2cccc(C)c2)CC1. The lowest BCUT2D eigenvalue weighted by Crippen LogP contribution is -2.48. The van der Waals surface area contributed by atoms with Crippen molar-refractivity contribution >= 4 is 5.91 Å². The van der Waals surface area contributed by atoms with Gasteiger partial charge in [0.1, 0.15) is 0 Å². The van der Waals surface area contributed by atoms with Gasteiger partial charge in [-0.25, -0.2) is 0 Å². The summed E-state index contributed by atoms with van der Waals surface area (Å²) >= 11 is 0. The zero-order valence-corrected chi connectivity index (χ0v) is 12.1. The number of carbonyl (C=O) groups is 1. The van der Waals surface area contributed by atoms with Gasteiger partial charge in [-0.2, -0.15) is 0 Å². The molecule has 0 radical (unpaired) electrons. The number of likely N-dealkylation sites (N-methyl/N-ethyl adjacent to an activating group) is 1. The monoisotopic (exact) mass is 260 g/mol. The highest BCUT2D eigenvalue weighted by atomic mass is 16.2. The smallest absolute Gasteiger partial charge is 0.222 e. The average Bonchev–Trinajstić information content (AvgIpc) is 2.45. The van der Waals surface area contributed by atoms with E-state index >= 15 is 0 Å². The zero-order valence-electron chi connectivity index (χ0n) is 12.1. The summed E-state index contributed by atoms with van der Waals surface area (Å²) in [6.45, 7) is 9.18. The number of piperazine rings is 1. The molecule has 0 aromatic heterocycles. The van der Waals surface area contributed by atoms with E-state index in [1.165, 1.54) is 11.1 Å². The molecule has 0 spiro atoms. The number of rotatable bonds is 4. The summed E-state index contributed by atoms with van der Waals surface area (Å²) in [6.07, 6.45) is 1.49. The molecule has 2 rings (SSSR count). The van der Waals surface area contributed by atoms with Gasteiger partial charge in [0.05, 0.1) is 0 Å². The number of aryl methyl sites for hydroxylation is 2. The number of nitrogens with zero attached hydrogens (tertiary/aromatic N) is 2. The number of carbonyl (C=O) groups excluding carboxylic acids is 1. The van der Waals surface area contributed by atoms with E-state index in [-0.39, 0.29) is 0 Å². The maximum Gasteiger partial charge on any atom is 0.222 e. The van der Waals surface area contributed by atoms with Crippen molar-refractivity contribution in [3.8, 4) is 0 Å². The van der Waals surface area contributed by atoms with E-state index in [1.54, 1.807) is 0 Å². The van der Waals surface area contributed by atoms with Crippen molar-refractivity contribution in [1.29, 1.82) is 0 Å². The molecule has 0 bridgehead atoms. The minimum Gasteiger partial charge on any atom is -0.340 e. The lowest BCUT2D eigenvalue weighted by molar-refractivity contribution is -0.132. The van der Waals surface area contributed by atoms with E-state index < -0.39 is 0 Å². The van der Waals surface area contributed by atoms with Crippen LogP contribution >= 0.6 is 0 Å². The van der Waals surface area contributed by atoms with Crippen molar-refractivity contribution in [2.75, 3.05) is 32.7 Å². The van der Waals surface area contributed by atoms with Gasteiger partial charge in [-0.1, -0.05) is 36.8 Å². The molecular weight excluding hydrogens is 236 g/mol. The summed E-state index contributed by atoms with van der Waals surface area (Å²) in [5.41, 5.74) is 2.53. The van der Waals surface area contributed by atoms with Crippen LogP contribution in [0.2, 0.25) is 0 Å². The van der Waals surface area contributed by atoms with Crippen LogP contribution in [-0.4, -0.2) is 48.4 Å². The topological polar surface area (TPSA) is 23.6 Å². The third kappa shape index (κ3) is 4.06. The first-order valence-electron chi connectivity index (χ1n) is 7.24. The van der Waals surface area contributed by atoms with Gasteiger partial charge in [-0.15, -0.1) is 0 Å². The average molecular weight is 260 g/mol. The summed E-state index contributed by atoms with van der Waals surface area (Å²) in [5.74, 6) is 0.303. The number of amides is 1. The Morgan fingerprint density at radius 2 is 1.95 bits per heavy atom. The van der Waals surface area contributed by atoms with Crippen LogP contribution in [0.1, 0.15) is 24.5 Å². The number of hydrogen-bond donors (Lipinski definition) is 0. The molecule has 1 fully saturated rings. The van der Waals surface area contributed by atoms with Crippen molar-refractivity contribution in [1.82, 2.24) is 9.80 Å². The first-order chi connectivity index (χ1) is 9.19. The summed E-state index contributed by atoms with van der Waals surface area (Å²) in [6, 6.07) is 8.43. The second kappa shape index (κ2) is 6.71. The summed E-state index contributed by atoms with van der Waals surface area (Å²) < 4.78 is 0. The van der Waals surface area contributed by atoms with Crippen LogP contribution < -0.4 is 0 Å². The lowest BCUT2D eigenvalue weighted by Gasteiger charge is -2.34. The first-order valence-corrected chi connectivity index (χ1v) is 7.24. The maximum atomic E-state index is 12.2. The third-order valence-corrected chi connectivity index (χ3v) is 3.88. The Balaban J connectivity index is 1.79. The lowest BCUT2D eigenvalue weighted by atomic mass is 10.1. The van der Waals surface area contributed by atoms with E-state index in [0.717, 1.165) is 39.1 Å². The standard InChI is InChI=1S/C16H24N2O/c1-3-17-9-11-18(12-10-17)16(19)8-7-15-6-4-5-14(2)13-15/h4-6,13H,3,7-12H2,1-2H3. The Hall–Kier alpha value is -1.35. The van der Waals surface area contributed by atoms with Crippen LogP contribution in [0.4, 0.5) is 0 Å². The van der Waals surface area contributed by atoms with E-state index in [0.29, 0.717) is 12.3 Å². The Morgan fingerprint density at radius 3 is 2.58 bits per heavy atom. The highest BCUT2D eigenvalue weighted by molar-refractivity contribution is 5.76. The van der Waals surface area contributed by atoms with Gasteiger partial charge in [-0.3, -0.25) is 4.79 Å². The molecule has 1 saturated heterocycles. The highest BCUT2D eigenvalue weighted by Crippen LogP contribution is 2.09. The van der Waals surface area contributed by atoms with Gasteiger partial charge < -0.3 is 9.80 Å². The van der Waals surface area contributed by atoms with Crippen molar-refractivity contribution in [3.05, 3.63) is 35.4 Å². The van der Waals surface area contributed by atoms with Crippen molar-refractivity contribution < 1.29 is 4.79 Å². The van der Waals surface area contributed by atoms with Gasteiger partial charge in [-0.05, 0) is 25.5 Å². The van der Waals surface area contributed by atoms with Gasteiger partial charge in [0.15, 0.2) is 0 Å². The predicted molar refractivity (Wildman–Crippen MR) is 78.2 cm³/mol. The quantitative estimate of drug-likeness (QED) is 0.827. The van der Waals surface area contributed by atoms with Gasteiger partial charge >= 0.3 is 0 Å². The molecule has 1 aliphatic heterocycles. The predicted octanol–water partition coefficient (Wildman–Crippen LogP) is 2.09. The summed E-state index contributed by atoms with van der Waals surface area (Å²) in [4.78, 5) is 16.6. The van der Waals surface area contributed by atoms with Gasteiger partial charge in [0, 0.05) is 32.6 Å². The molecule has 3 heteroatoms. The molecule has 1 aromatic carbocycles. The largest absolute Gasteiger partial charge is 0.340 e. The van der Waals surface area contributed by atoms with Crippen molar-refractivity contribution in [2.45, 2.75) is 26.7 Å². The molecule has 0 atom stereocenters. The van der Waals surface area contributed by atoms with Gasteiger partial charge in [0.25, 0.3) is 0 Å². The fraction of sp³-hybridized carbons (Fsp3) is 0.562. The normalized spacial score (nSPS) is 16.6. The molecule has 1 amide bonds. The van der Waals surface area contributed by atoms with Crippen LogP contribution in [0.5, 0.6) is 0 Å². The van der Waals surface area contributed by atoms with E-state index in [1.807, 2.05) is 4.90 Å². The maximum absolute atomic E-state index is 12.2. The number of benzene rings is 1. The molecule has 0 aliphatic carbocycles. The molecule has 0 N–H and O–H groups in total. The van der Waals surface area contributed by atoms with E-state index in [9.17, 15) is 4.79 Å². The Morgan fingerprint density at radius 1 is 1.21 bits per heavy atom. The molecule has 1 heterocycles. The minimum absolute atomic E-state index is 0.303. The summed E-state index contributed by atoms with van der Waals surface area (Å²) in [5, 5.41) is 0. The second-order valence-electron chi connectivity index (χ2n) is 5.30. The minimum atomic E-state index is 0.303. The molecule has 0 unspecified atom stereocenters. The second-order valence-corrected chi connectivity index (χ2v) is 5.30.